The van der Waals surface area contributed by atoms with Gasteiger partial charge in [0, 0.05) is 15.4 Å². The second kappa shape index (κ2) is 10.1. The maximum Gasteiger partial charge on any atom is 0.124 e. The van der Waals surface area contributed by atoms with Gasteiger partial charge in [0.25, 0.3) is 0 Å². The Morgan fingerprint density at radius 3 is 1.88 bits per heavy atom. The Morgan fingerprint density at radius 1 is 0.769 bits per heavy atom. The summed E-state index contributed by atoms with van der Waals surface area (Å²) in [5.41, 5.74) is 1.21. The van der Waals surface area contributed by atoms with Crippen LogP contribution in [0.25, 0.3) is 0 Å². The minimum atomic E-state index is 0.208. The van der Waals surface area contributed by atoms with Gasteiger partial charge in [-0.2, -0.15) is 0 Å². The van der Waals surface area contributed by atoms with Gasteiger partial charge in [0.05, 0.1) is 11.2 Å². The lowest BCUT2D eigenvalue weighted by molar-refractivity contribution is 0.322. The molecule has 0 saturated carbocycles. The molecule has 0 atom stereocenters. The molecular weight excluding hydrogens is 356 g/mol. The molecule has 0 amide bonds. The maximum atomic E-state index is 6.04. The quantitative estimate of drug-likeness (QED) is 0.168. The molecule has 0 bridgehead atoms. The zero-order valence-corrected chi connectivity index (χ0v) is 16.2. The molecule has 3 aromatic carbocycles. The van der Waals surface area contributed by atoms with Crippen molar-refractivity contribution in [2.45, 2.75) is 20.8 Å². The van der Waals surface area contributed by atoms with Crippen LogP contribution < -0.4 is 4.74 Å². The first kappa shape index (κ1) is 18.7. The molecule has 3 aromatic rings. The summed E-state index contributed by atoms with van der Waals surface area (Å²) in [5.74, 6) is 0.950. The monoisotopic (exact) mass is 378 g/mol. The molecule has 0 radical (unpaired) electrons. The number of para-hydroxylation sites is 1. The van der Waals surface area contributed by atoms with Crippen molar-refractivity contribution < 1.29 is 4.74 Å². The normalized spacial score (nSPS) is 10.7. The highest BCUT2D eigenvalue weighted by Crippen LogP contribution is 2.49. The van der Waals surface area contributed by atoms with E-state index in [4.69, 9.17) is 4.74 Å². The summed E-state index contributed by atoms with van der Waals surface area (Å²) >= 11 is 3.71. The molecule has 0 aliphatic carbocycles. The van der Waals surface area contributed by atoms with E-state index in [-0.39, 0.29) is 4.58 Å². The van der Waals surface area contributed by atoms with Crippen molar-refractivity contribution in [3.05, 3.63) is 103 Å². The zero-order valence-electron chi connectivity index (χ0n) is 14.6. The highest BCUT2D eigenvalue weighted by molar-refractivity contribution is 8.16. The second-order valence-electron chi connectivity index (χ2n) is 5.66. The number of thioether (sulfide) groups is 2. The van der Waals surface area contributed by atoms with Gasteiger partial charge < -0.3 is 4.74 Å². The fourth-order valence-electron chi connectivity index (χ4n) is 2.46. The van der Waals surface area contributed by atoms with Crippen LogP contribution in [0.2, 0.25) is 0 Å². The third-order valence-corrected chi connectivity index (χ3v) is 6.33. The van der Waals surface area contributed by atoms with Gasteiger partial charge in [0.15, 0.2) is 0 Å². The fraction of sp³-hybridized carbons (Fsp3) is 0.130. The lowest BCUT2D eigenvalue weighted by Crippen LogP contribution is -2.00. The predicted octanol–water partition coefficient (Wildman–Crippen LogP) is 7.22. The van der Waals surface area contributed by atoms with E-state index in [9.17, 15) is 0 Å². The summed E-state index contributed by atoms with van der Waals surface area (Å²) in [6.45, 7) is 4.42. The highest BCUT2D eigenvalue weighted by Gasteiger charge is 2.19. The standard InChI is InChI=1S/C23H22OS2/c1-2-3-18-24-22-17-11-10-16-21(22)23(25-19-12-6-4-7-13-19)26-20-14-8-5-9-15-20/h2,4-17,23H,1,3,18H2. The van der Waals surface area contributed by atoms with Crippen LogP contribution in [0, 0.1) is 0 Å². The number of hydrogen-bond donors (Lipinski definition) is 0. The van der Waals surface area contributed by atoms with E-state index in [1.54, 1.807) is 0 Å². The Balaban J connectivity index is 1.88. The van der Waals surface area contributed by atoms with Gasteiger partial charge in [-0.1, -0.05) is 60.7 Å². The predicted molar refractivity (Wildman–Crippen MR) is 114 cm³/mol. The first-order valence-corrected chi connectivity index (χ1v) is 10.4. The Labute approximate surface area is 164 Å². The van der Waals surface area contributed by atoms with E-state index in [1.807, 2.05) is 35.7 Å². The van der Waals surface area contributed by atoms with E-state index < -0.39 is 0 Å². The molecule has 26 heavy (non-hydrogen) atoms. The third-order valence-electron chi connectivity index (χ3n) is 3.73. The minimum Gasteiger partial charge on any atom is -0.493 e. The van der Waals surface area contributed by atoms with E-state index in [0.717, 1.165) is 12.2 Å². The van der Waals surface area contributed by atoms with Crippen LogP contribution in [0.15, 0.2) is 107 Å². The molecule has 1 nitrogen and oxygen atoms in total. The topological polar surface area (TPSA) is 9.23 Å². The molecule has 0 unspecified atom stereocenters. The van der Waals surface area contributed by atoms with Gasteiger partial charge in [0.2, 0.25) is 0 Å². The molecule has 3 heteroatoms. The summed E-state index contributed by atoms with van der Waals surface area (Å²) in [7, 11) is 0. The summed E-state index contributed by atoms with van der Waals surface area (Å²) in [6.07, 6.45) is 2.73. The average Bonchev–Trinajstić information content (AvgIpc) is 2.70. The second-order valence-corrected chi connectivity index (χ2v) is 8.31. The van der Waals surface area contributed by atoms with Gasteiger partial charge in [0.1, 0.15) is 5.75 Å². The number of rotatable bonds is 9. The lowest BCUT2D eigenvalue weighted by Gasteiger charge is -2.20. The Hall–Kier alpha value is -2.10. The number of ether oxygens (including phenoxy) is 1. The van der Waals surface area contributed by atoms with Crippen molar-refractivity contribution >= 4 is 23.5 Å². The zero-order chi connectivity index (χ0) is 18.0. The number of hydrogen-bond acceptors (Lipinski definition) is 3. The molecule has 0 spiro atoms. The smallest absolute Gasteiger partial charge is 0.124 e. The van der Waals surface area contributed by atoms with Gasteiger partial charge in [-0.15, -0.1) is 30.1 Å². The van der Waals surface area contributed by atoms with Crippen LogP contribution in [0.1, 0.15) is 16.6 Å². The van der Waals surface area contributed by atoms with Crippen molar-refractivity contribution in [3.63, 3.8) is 0 Å². The van der Waals surface area contributed by atoms with Crippen LogP contribution in [-0.2, 0) is 0 Å². The maximum absolute atomic E-state index is 6.04. The van der Waals surface area contributed by atoms with Gasteiger partial charge >= 0.3 is 0 Å². The van der Waals surface area contributed by atoms with Gasteiger partial charge in [-0.25, -0.2) is 0 Å². The molecule has 0 saturated heterocycles. The van der Waals surface area contributed by atoms with Crippen LogP contribution in [0.3, 0.4) is 0 Å². The molecule has 132 valence electrons. The van der Waals surface area contributed by atoms with E-state index >= 15 is 0 Å². The van der Waals surface area contributed by atoms with Crippen LogP contribution >= 0.6 is 23.5 Å². The van der Waals surface area contributed by atoms with Crippen molar-refractivity contribution in [1.82, 2.24) is 0 Å². The Morgan fingerprint density at radius 2 is 1.31 bits per heavy atom. The molecule has 0 aliphatic heterocycles. The molecule has 3 rings (SSSR count). The molecule has 0 fully saturated rings. The Bertz CT molecular complexity index is 761. The van der Waals surface area contributed by atoms with E-state index in [0.29, 0.717) is 6.61 Å². The molecular formula is C23H22OS2. The van der Waals surface area contributed by atoms with E-state index in [2.05, 4.69) is 85.4 Å². The van der Waals surface area contributed by atoms with Gasteiger partial charge in [-0.05, 0) is 36.8 Å². The molecule has 0 N–H and O–H groups in total. The van der Waals surface area contributed by atoms with Crippen molar-refractivity contribution in [2.24, 2.45) is 0 Å². The van der Waals surface area contributed by atoms with Crippen molar-refractivity contribution in [3.8, 4) is 5.75 Å². The van der Waals surface area contributed by atoms with Crippen molar-refractivity contribution in [1.29, 1.82) is 0 Å². The fourth-order valence-corrected chi connectivity index (χ4v) is 5.08. The summed E-state index contributed by atoms with van der Waals surface area (Å²) < 4.78 is 6.24. The Kier molecular flexibility index (Phi) is 7.29. The molecule has 0 aliphatic rings. The summed E-state index contributed by atoms with van der Waals surface area (Å²) in [6, 6.07) is 29.4. The third kappa shape index (κ3) is 5.45. The van der Waals surface area contributed by atoms with Crippen molar-refractivity contribution in [2.75, 3.05) is 6.61 Å². The highest BCUT2D eigenvalue weighted by atomic mass is 32.2. The largest absolute Gasteiger partial charge is 0.493 e. The van der Waals surface area contributed by atoms with Crippen LogP contribution in [-0.4, -0.2) is 6.61 Å². The average molecular weight is 379 g/mol. The van der Waals surface area contributed by atoms with Gasteiger partial charge in [-0.3, -0.25) is 0 Å². The first-order chi connectivity index (χ1) is 12.9. The number of benzene rings is 3. The summed E-state index contributed by atoms with van der Waals surface area (Å²) in [4.78, 5) is 2.50. The summed E-state index contributed by atoms with van der Waals surface area (Å²) in [5, 5.41) is 0. The molecule has 0 aromatic heterocycles. The van der Waals surface area contributed by atoms with Crippen LogP contribution in [0.4, 0.5) is 0 Å². The lowest BCUT2D eigenvalue weighted by atomic mass is 10.2. The SMILES string of the molecule is C=CCCOc1ccccc1C(Sc1ccccc1)Sc1ccccc1. The van der Waals surface area contributed by atoms with E-state index in [1.165, 1.54) is 15.4 Å². The molecule has 0 heterocycles. The minimum absolute atomic E-state index is 0.208. The first-order valence-electron chi connectivity index (χ1n) is 8.63. The van der Waals surface area contributed by atoms with Crippen LogP contribution in [0.5, 0.6) is 5.75 Å².